The van der Waals surface area contributed by atoms with Crippen LogP contribution in [0.5, 0.6) is 0 Å². The summed E-state index contributed by atoms with van der Waals surface area (Å²) in [5, 5.41) is 8.42. The van der Waals surface area contributed by atoms with Crippen molar-refractivity contribution in [3.8, 4) is 0 Å². The summed E-state index contributed by atoms with van der Waals surface area (Å²) in [5.41, 5.74) is 6.65. The molecule has 0 atom stereocenters. The molecule has 10 nitrogen and oxygen atoms in total. The Morgan fingerprint density at radius 3 is 2.86 bits per heavy atom. The molecule has 0 fully saturated rings. The lowest BCUT2D eigenvalue weighted by atomic mass is 10.3. The Morgan fingerprint density at radius 1 is 1.27 bits per heavy atom. The predicted octanol–water partition coefficient (Wildman–Crippen LogP) is -0.209. The largest absolute Gasteiger partial charge is 0.481 e. The third-order valence-electron chi connectivity index (χ3n) is 2.64. The molecular formula is C12H15N5O5. The maximum atomic E-state index is 11.2. The van der Waals surface area contributed by atoms with Gasteiger partial charge in [0.25, 0.3) is 0 Å². The monoisotopic (exact) mass is 309 g/mol. The number of aromatic nitrogens is 4. The number of nitrogens with two attached hydrogens (primary N) is 1. The Kier molecular flexibility index (Phi) is 5.20. The van der Waals surface area contributed by atoms with Gasteiger partial charge in [-0.3, -0.25) is 14.2 Å². The van der Waals surface area contributed by atoms with Gasteiger partial charge in [-0.1, -0.05) is 0 Å². The summed E-state index contributed by atoms with van der Waals surface area (Å²) in [6.45, 7) is 0.376. The molecule has 3 N–H and O–H groups in total. The van der Waals surface area contributed by atoms with Crippen LogP contribution >= 0.6 is 0 Å². The highest BCUT2D eigenvalue weighted by Gasteiger charge is 2.07. The Hall–Kier alpha value is -2.75. The second-order valence-corrected chi connectivity index (χ2v) is 4.30. The van der Waals surface area contributed by atoms with Gasteiger partial charge in [0.15, 0.2) is 5.65 Å². The molecule has 2 rings (SSSR count). The number of hydrogen-bond donors (Lipinski definition) is 2. The third-order valence-corrected chi connectivity index (χ3v) is 2.64. The van der Waals surface area contributed by atoms with Crippen molar-refractivity contribution in [2.75, 3.05) is 18.9 Å². The summed E-state index contributed by atoms with van der Waals surface area (Å²) in [6.07, 6.45) is 2.65. The van der Waals surface area contributed by atoms with Crippen LogP contribution in [-0.2, 0) is 25.8 Å². The van der Waals surface area contributed by atoms with E-state index in [1.807, 2.05) is 0 Å². The molecule has 0 aliphatic heterocycles. The highest BCUT2D eigenvalue weighted by atomic mass is 16.6. The SMILES string of the molecule is Nc1ncc2ncn(COCCOC(=O)CCC(=O)O)c2n1. The molecule has 0 aliphatic rings. The van der Waals surface area contributed by atoms with E-state index in [1.165, 1.54) is 12.5 Å². The van der Waals surface area contributed by atoms with E-state index in [0.29, 0.717) is 11.2 Å². The van der Waals surface area contributed by atoms with Crippen LogP contribution in [0.15, 0.2) is 12.5 Å². The summed E-state index contributed by atoms with van der Waals surface area (Å²) in [7, 11) is 0. The van der Waals surface area contributed by atoms with Crippen molar-refractivity contribution in [1.82, 2.24) is 19.5 Å². The van der Waals surface area contributed by atoms with Crippen LogP contribution in [0.4, 0.5) is 5.95 Å². The molecule has 0 unspecified atom stereocenters. The van der Waals surface area contributed by atoms with Gasteiger partial charge in [-0.2, -0.15) is 4.98 Å². The molecule has 0 saturated heterocycles. The zero-order valence-electron chi connectivity index (χ0n) is 11.6. The molecule has 0 bridgehead atoms. The zero-order valence-corrected chi connectivity index (χ0v) is 11.6. The summed E-state index contributed by atoms with van der Waals surface area (Å²) in [5.74, 6) is -1.47. The number of fused-ring (bicyclic) bond motifs is 1. The minimum atomic E-state index is -1.04. The Bertz CT molecular complexity index is 671. The number of ether oxygens (including phenoxy) is 2. The fourth-order valence-corrected chi connectivity index (χ4v) is 1.62. The Balaban J connectivity index is 1.71. The first-order chi connectivity index (χ1) is 10.6. The molecule has 0 aromatic carbocycles. The van der Waals surface area contributed by atoms with Gasteiger partial charge in [0.1, 0.15) is 18.9 Å². The summed E-state index contributed by atoms with van der Waals surface area (Å²) in [4.78, 5) is 33.4. The van der Waals surface area contributed by atoms with E-state index in [9.17, 15) is 9.59 Å². The van der Waals surface area contributed by atoms with Crippen LogP contribution < -0.4 is 5.73 Å². The highest BCUT2D eigenvalue weighted by Crippen LogP contribution is 2.09. The van der Waals surface area contributed by atoms with Crippen molar-refractivity contribution in [3.63, 3.8) is 0 Å². The standard InChI is InChI=1S/C12H15N5O5/c13-12-14-5-8-11(16-12)17(6-15-8)7-21-3-4-22-10(20)2-1-9(18)19/h5-6H,1-4,7H2,(H,18,19)(H2,13,14,16). The Labute approximate surface area is 124 Å². The molecule has 0 radical (unpaired) electrons. The summed E-state index contributed by atoms with van der Waals surface area (Å²) in [6, 6.07) is 0. The van der Waals surface area contributed by atoms with Gasteiger partial charge in [0.2, 0.25) is 5.95 Å². The average Bonchev–Trinajstić information content (AvgIpc) is 2.87. The van der Waals surface area contributed by atoms with Crippen LogP contribution in [0.25, 0.3) is 11.2 Å². The number of nitrogens with zero attached hydrogens (tertiary/aromatic N) is 4. The van der Waals surface area contributed by atoms with Gasteiger partial charge >= 0.3 is 11.9 Å². The molecule has 2 aromatic heterocycles. The fraction of sp³-hybridized carbons (Fsp3) is 0.417. The first kappa shape index (κ1) is 15.6. The first-order valence-corrected chi connectivity index (χ1v) is 6.45. The van der Waals surface area contributed by atoms with E-state index < -0.39 is 11.9 Å². The minimum absolute atomic E-state index is 0.0439. The molecular weight excluding hydrogens is 294 g/mol. The number of carbonyl (C=O) groups excluding carboxylic acids is 1. The number of aliphatic carboxylic acids is 1. The van der Waals surface area contributed by atoms with Crippen molar-refractivity contribution in [2.45, 2.75) is 19.6 Å². The predicted molar refractivity (Wildman–Crippen MR) is 73.5 cm³/mol. The van der Waals surface area contributed by atoms with Crippen LogP contribution in [0, 0.1) is 0 Å². The van der Waals surface area contributed by atoms with Crippen molar-refractivity contribution in [3.05, 3.63) is 12.5 Å². The van der Waals surface area contributed by atoms with Gasteiger partial charge in [-0.15, -0.1) is 0 Å². The molecule has 0 saturated carbocycles. The molecule has 0 aliphatic carbocycles. The van der Waals surface area contributed by atoms with Crippen LogP contribution in [0.3, 0.4) is 0 Å². The lowest BCUT2D eigenvalue weighted by Crippen LogP contribution is -2.13. The highest BCUT2D eigenvalue weighted by molar-refractivity contribution is 5.76. The van der Waals surface area contributed by atoms with Gasteiger partial charge in [-0.05, 0) is 0 Å². The number of carbonyl (C=O) groups is 2. The van der Waals surface area contributed by atoms with Crippen molar-refractivity contribution >= 4 is 29.1 Å². The number of rotatable bonds is 8. The molecule has 22 heavy (non-hydrogen) atoms. The number of carboxylic acids is 1. The van der Waals surface area contributed by atoms with Gasteiger partial charge in [0.05, 0.1) is 32.0 Å². The van der Waals surface area contributed by atoms with Crippen LogP contribution in [0.1, 0.15) is 12.8 Å². The fourth-order valence-electron chi connectivity index (χ4n) is 1.62. The topological polar surface area (TPSA) is 142 Å². The van der Waals surface area contributed by atoms with Crippen LogP contribution in [-0.4, -0.2) is 49.8 Å². The quantitative estimate of drug-likeness (QED) is 0.500. The van der Waals surface area contributed by atoms with E-state index in [-0.39, 0.29) is 38.7 Å². The van der Waals surface area contributed by atoms with Crippen molar-refractivity contribution < 1.29 is 24.2 Å². The second-order valence-electron chi connectivity index (χ2n) is 4.30. The maximum absolute atomic E-state index is 11.2. The first-order valence-electron chi connectivity index (χ1n) is 6.45. The second kappa shape index (κ2) is 7.31. The van der Waals surface area contributed by atoms with Crippen LogP contribution in [0.2, 0.25) is 0 Å². The molecule has 0 amide bonds. The maximum Gasteiger partial charge on any atom is 0.306 e. The summed E-state index contributed by atoms with van der Waals surface area (Å²) >= 11 is 0. The Morgan fingerprint density at radius 2 is 2.09 bits per heavy atom. The van der Waals surface area contributed by atoms with E-state index in [1.54, 1.807) is 4.57 Å². The van der Waals surface area contributed by atoms with E-state index in [0.717, 1.165) is 0 Å². The third kappa shape index (κ3) is 4.38. The normalized spacial score (nSPS) is 10.7. The van der Waals surface area contributed by atoms with Crippen molar-refractivity contribution in [1.29, 1.82) is 0 Å². The smallest absolute Gasteiger partial charge is 0.306 e. The zero-order chi connectivity index (χ0) is 15.9. The number of esters is 1. The molecule has 118 valence electrons. The number of anilines is 1. The van der Waals surface area contributed by atoms with Gasteiger partial charge < -0.3 is 20.3 Å². The number of hydrogen-bond acceptors (Lipinski definition) is 8. The van der Waals surface area contributed by atoms with Gasteiger partial charge in [0, 0.05) is 0 Å². The lowest BCUT2D eigenvalue weighted by Gasteiger charge is -2.07. The number of carboxylic acid groups (broad SMARTS) is 1. The molecule has 2 aromatic rings. The molecule has 10 heteroatoms. The minimum Gasteiger partial charge on any atom is -0.481 e. The van der Waals surface area contributed by atoms with Gasteiger partial charge in [-0.25, -0.2) is 9.97 Å². The number of imidazole rings is 1. The van der Waals surface area contributed by atoms with E-state index in [2.05, 4.69) is 15.0 Å². The number of nitrogen functional groups attached to an aromatic ring is 1. The molecule has 2 heterocycles. The van der Waals surface area contributed by atoms with Crippen molar-refractivity contribution in [2.24, 2.45) is 0 Å². The average molecular weight is 309 g/mol. The lowest BCUT2D eigenvalue weighted by molar-refractivity contribution is -0.149. The van der Waals surface area contributed by atoms with E-state index >= 15 is 0 Å². The van der Waals surface area contributed by atoms with E-state index in [4.69, 9.17) is 20.3 Å². The molecule has 0 spiro atoms. The summed E-state index contributed by atoms with van der Waals surface area (Å²) < 4.78 is 11.8.